The van der Waals surface area contributed by atoms with Gasteiger partial charge in [-0.1, -0.05) is 25.5 Å². The number of rotatable bonds is 9. The summed E-state index contributed by atoms with van der Waals surface area (Å²) in [5.74, 6) is -0.192. The molecule has 0 bridgehead atoms. The van der Waals surface area contributed by atoms with Gasteiger partial charge in [-0.15, -0.1) is 0 Å². The van der Waals surface area contributed by atoms with Crippen molar-refractivity contribution in [3.63, 3.8) is 0 Å². The van der Waals surface area contributed by atoms with E-state index in [1.165, 1.54) is 44.5 Å². The van der Waals surface area contributed by atoms with E-state index in [1.54, 1.807) is 13.0 Å². The Morgan fingerprint density at radius 2 is 1.81 bits per heavy atom. The number of Topliss-reactive ketones (excluding diaryl/α,β-unsaturated/α-hetero) is 1. The van der Waals surface area contributed by atoms with E-state index in [9.17, 15) is 17.6 Å². The molecule has 1 aromatic carbocycles. The van der Waals surface area contributed by atoms with Crippen molar-refractivity contribution in [2.45, 2.75) is 70.8 Å². The second-order valence-corrected chi connectivity index (χ2v) is 12.3. The minimum Gasteiger partial charge on any atom is -0.356 e. The summed E-state index contributed by atoms with van der Waals surface area (Å²) < 4.78 is 39.4. The number of sulfonamides is 1. The Bertz CT molecular complexity index is 1210. The summed E-state index contributed by atoms with van der Waals surface area (Å²) in [6.45, 7) is 8.15. The fourth-order valence-electron chi connectivity index (χ4n) is 5.51. The van der Waals surface area contributed by atoms with Crippen LogP contribution in [0, 0.1) is 12.7 Å². The number of nitrogens with zero attached hydrogens (tertiary/aromatic N) is 3. The van der Waals surface area contributed by atoms with Crippen molar-refractivity contribution in [3.8, 4) is 0 Å². The number of nitrogens with one attached hydrogen (secondary N) is 1. The molecule has 0 spiro atoms. The summed E-state index contributed by atoms with van der Waals surface area (Å²) in [6, 6.07) is 8.94. The summed E-state index contributed by atoms with van der Waals surface area (Å²) in [5.41, 5.74) is 2.45. The van der Waals surface area contributed by atoms with Crippen molar-refractivity contribution in [3.05, 3.63) is 53.0 Å². The number of carbonyl (C=O) groups is 1. The van der Waals surface area contributed by atoms with Gasteiger partial charge in [0.2, 0.25) is 10.0 Å². The Morgan fingerprint density at radius 1 is 1.11 bits per heavy atom. The first-order chi connectivity index (χ1) is 17.6. The molecule has 2 aliphatic rings. The smallest absolute Gasteiger partial charge is 0.229 e. The Kier molecular flexibility index (Phi) is 8.85. The van der Waals surface area contributed by atoms with E-state index < -0.39 is 21.8 Å². The van der Waals surface area contributed by atoms with Crippen LogP contribution < -0.4 is 9.62 Å². The lowest BCUT2D eigenvalue weighted by atomic mass is 9.92. The lowest BCUT2D eigenvalue weighted by Crippen LogP contribution is -2.47. The van der Waals surface area contributed by atoms with Gasteiger partial charge in [0.1, 0.15) is 17.4 Å². The van der Waals surface area contributed by atoms with Crippen LogP contribution in [0.2, 0.25) is 0 Å². The van der Waals surface area contributed by atoms with Crippen LogP contribution in [0.5, 0.6) is 0 Å². The first kappa shape index (κ1) is 27.5. The Balaban J connectivity index is 1.38. The van der Waals surface area contributed by atoms with E-state index in [-0.39, 0.29) is 11.5 Å². The number of halogens is 1. The van der Waals surface area contributed by atoms with Crippen LogP contribution in [-0.4, -0.2) is 62.6 Å². The zero-order valence-corrected chi connectivity index (χ0v) is 23.0. The van der Waals surface area contributed by atoms with Crippen LogP contribution >= 0.6 is 0 Å². The molecule has 3 heterocycles. The van der Waals surface area contributed by atoms with E-state index in [0.717, 1.165) is 49.3 Å². The van der Waals surface area contributed by atoms with Gasteiger partial charge in [0, 0.05) is 37.2 Å². The van der Waals surface area contributed by atoms with Crippen LogP contribution in [0.4, 0.5) is 15.9 Å². The molecular weight excluding hydrogens is 491 g/mol. The summed E-state index contributed by atoms with van der Waals surface area (Å²) >= 11 is 0. The van der Waals surface area contributed by atoms with E-state index in [2.05, 4.69) is 20.6 Å². The number of likely N-dealkylation sites (tertiary alicyclic amines) is 1. The average molecular weight is 531 g/mol. The van der Waals surface area contributed by atoms with Gasteiger partial charge in [-0.25, -0.2) is 17.8 Å². The highest BCUT2D eigenvalue weighted by atomic mass is 32.2. The van der Waals surface area contributed by atoms with Crippen LogP contribution in [0.15, 0.2) is 30.3 Å². The number of pyridine rings is 1. The van der Waals surface area contributed by atoms with E-state index in [1.807, 2.05) is 13.0 Å². The molecule has 1 N–H and O–H groups in total. The SMILES string of the molecule is Cc1ccc(CCC(=O)C(C)c2ccc(NS(C)(=O)=O)c(F)c2)c(N2CCC(N3CCCCC3)CC2)n1. The molecule has 0 amide bonds. The normalized spacial score (nSPS) is 18.5. The molecule has 0 saturated carbocycles. The average Bonchev–Trinajstić information content (AvgIpc) is 2.88. The molecule has 9 heteroatoms. The van der Waals surface area contributed by atoms with Crippen LogP contribution in [0.3, 0.4) is 0 Å². The van der Waals surface area contributed by atoms with Gasteiger partial charge in [0.05, 0.1) is 11.9 Å². The standard InChI is InChI=1S/C28H39FN4O3S/c1-20-7-8-22(28(30-20)33-17-13-24(14-18-33)32-15-5-4-6-16-32)10-12-27(34)21(2)23-9-11-26(25(29)19-23)31-37(3,35)36/h7-9,11,19,21,24,31H,4-6,10,12-18H2,1-3H3. The summed E-state index contributed by atoms with van der Waals surface area (Å²) in [4.78, 5) is 22.9. The third-order valence-electron chi connectivity index (χ3n) is 7.68. The highest BCUT2D eigenvalue weighted by Gasteiger charge is 2.27. The van der Waals surface area contributed by atoms with Crippen molar-refractivity contribution in [1.82, 2.24) is 9.88 Å². The number of piperidine rings is 2. The molecule has 0 aliphatic carbocycles. The Morgan fingerprint density at radius 3 is 2.46 bits per heavy atom. The predicted molar refractivity (Wildman–Crippen MR) is 146 cm³/mol. The number of ketones is 1. The highest BCUT2D eigenvalue weighted by molar-refractivity contribution is 7.92. The zero-order valence-electron chi connectivity index (χ0n) is 22.2. The molecule has 1 aromatic heterocycles. The minimum absolute atomic E-state index is 0.0125. The van der Waals surface area contributed by atoms with Crippen molar-refractivity contribution in [2.24, 2.45) is 0 Å². The molecule has 1 unspecified atom stereocenters. The number of anilines is 2. The number of benzene rings is 1. The maximum absolute atomic E-state index is 14.4. The van der Waals surface area contributed by atoms with E-state index >= 15 is 0 Å². The highest BCUT2D eigenvalue weighted by Crippen LogP contribution is 2.29. The molecule has 2 fully saturated rings. The van der Waals surface area contributed by atoms with Crippen LogP contribution in [-0.2, 0) is 21.2 Å². The first-order valence-electron chi connectivity index (χ1n) is 13.4. The summed E-state index contributed by atoms with van der Waals surface area (Å²) in [6.07, 6.45) is 8.13. The molecule has 2 saturated heterocycles. The topological polar surface area (TPSA) is 82.6 Å². The minimum atomic E-state index is -3.58. The van der Waals surface area contributed by atoms with Gasteiger partial charge in [-0.3, -0.25) is 9.52 Å². The zero-order chi connectivity index (χ0) is 26.6. The number of hydrogen-bond acceptors (Lipinski definition) is 6. The fourth-order valence-corrected chi connectivity index (χ4v) is 6.08. The van der Waals surface area contributed by atoms with Gasteiger partial charge in [0.15, 0.2) is 0 Å². The van der Waals surface area contributed by atoms with Crippen molar-refractivity contribution >= 4 is 27.3 Å². The predicted octanol–water partition coefficient (Wildman–Crippen LogP) is 4.66. The van der Waals surface area contributed by atoms with Crippen LogP contribution in [0.25, 0.3) is 0 Å². The van der Waals surface area contributed by atoms with Crippen molar-refractivity contribution < 1.29 is 17.6 Å². The van der Waals surface area contributed by atoms with Gasteiger partial charge in [0.25, 0.3) is 0 Å². The van der Waals surface area contributed by atoms with Gasteiger partial charge >= 0.3 is 0 Å². The summed E-state index contributed by atoms with van der Waals surface area (Å²) in [5, 5.41) is 0. The van der Waals surface area contributed by atoms with Gasteiger partial charge in [-0.2, -0.15) is 0 Å². The number of carbonyl (C=O) groups excluding carboxylic acids is 1. The first-order valence-corrected chi connectivity index (χ1v) is 15.3. The Hall–Kier alpha value is -2.52. The van der Waals surface area contributed by atoms with Gasteiger partial charge in [-0.05, 0) is 81.4 Å². The fraction of sp³-hybridized carbons (Fsp3) is 0.571. The molecule has 7 nitrogen and oxygen atoms in total. The second-order valence-electron chi connectivity index (χ2n) is 10.6. The monoisotopic (exact) mass is 530 g/mol. The van der Waals surface area contributed by atoms with Gasteiger partial charge < -0.3 is 9.80 Å². The Labute approximate surface area is 220 Å². The molecule has 2 aromatic rings. The largest absolute Gasteiger partial charge is 0.356 e. The van der Waals surface area contributed by atoms with Crippen molar-refractivity contribution in [1.29, 1.82) is 0 Å². The lowest BCUT2D eigenvalue weighted by molar-refractivity contribution is -0.120. The molecular formula is C28H39FN4O3S. The number of aryl methyl sites for hydroxylation is 2. The molecule has 0 radical (unpaired) electrons. The van der Waals surface area contributed by atoms with E-state index in [4.69, 9.17) is 4.98 Å². The molecule has 202 valence electrons. The third kappa shape index (κ3) is 7.29. The lowest BCUT2D eigenvalue weighted by Gasteiger charge is -2.41. The van der Waals surface area contributed by atoms with E-state index in [0.29, 0.717) is 24.4 Å². The summed E-state index contributed by atoms with van der Waals surface area (Å²) in [7, 11) is -3.58. The maximum atomic E-state index is 14.4. The third-order valence-corrected chi connectivity index (χ3v) is 8.27. The molecule has 2 aliphatic heterocycles. The van der Waals surface area contributed by atoms with Crippen LogP contribution in [0.1, 0.15) is 68.2 Å². The molecule has 1 atom stereocenters. The van der Waals surface area contributed by atoms with Crippen molar-refractivity contribution in [2.75, 3.05) is 42.1 Å². The molecule has 37 heavy (non-hydrogen) atoms. The second kappa shape index (κ2) is 11.9. The maximum Gasteiger partial charge on any atom is 0.229 e. The molecule has 4 rings (SSSR count). The number of hydrogen-bond donors (Lipinski definition) is 1. The number of aromatic nitrogens is 1. The quantitative estimate of drug-likeness (QED) is 0.508.